The van der Waals surface area contributed by atoms with Crippen molar-refractivity contribution in [3.63, 3.8) is 0 Å². The minimum absolute atomic E-state index is 0.0316. The molecule has 0 fully saturated rings. The van der Waals surface area contributed by atoms with Crippen molar-refractivity contribution in [1.82, 2.24) is 5.32 Å². The molecule has 0 bridgehead atoms. The SMILES string of the molecule is CC(O)COc1ccc(Cl)cc1CNC(C)(C)C. The van der Waals surface area contributed by atoms with Gasteiger partial charge in [0.05, 0.1) is 6.10 Å². The zero-order valence-corrected chi connectivity index (χ0v) is 12.2. The molecule has 0 heterocycles. The van der Waals surface area contributed by atoms with E-state index in [0.29, 0.717) is 11.6 Å². The highest BCUT2D eigenvalue weighted by atomic mass is 35.5. The summed E-state index contributed by atoms with van der Waals surface area (Å²) in [6.45, 7) is 8.97. The Morgan fingerprint density at radius 3 is 2.61 bits per heavy atom. The van der Waals surface area contributed by atoms with Crippen LogP contribution in [0.2, 0.25) is 5.02 Å². The molecule has 0 saturated heterocycles. The molecular formula is C14H22ClNO2. The molecule has 0 radical (unpaired) electrons. The van der Waals surface area contributed by atoms with Crippen molar-refractivity contribution in [3.05, 3.63) is 28.8 Å². The first-order chi connectivity index (χ1) is 8.28. The van der Waals surface area contributed by atoms with Gasteiger partial charge in [0.2, 0.25) is 0 Å². The molecule has 1 rings (SSSR count). The van der Waals surface area contributed by atoms with Crippen LogP contribution in [0.5, 0.6) is 5.75 Å². The third-order valence-electron chi connectivity index (χ3n) is 2.31. The van der Waals surface area contributed by atoms with E-state index in [-0.39, 0.29) is 12.1 Å². The van der Waals surface area contributed by atoms with Crippen LogP contribution in [0.4, 0.5) is 0 Å². The second-order valence-electron chi connectivity index (χ2n) is 5.52. The minimum atomic E-state index is -0.482. The maximum atomic E-state index is 9.25. The van der Waals surface area contributed by atoms with Gasteiger partial charge in [-0.3, -0.25) is 0 Å². The number of aliphatic hydroxyl groups excluding tert-OH is 1. The number of hydrogen-bond acceptors (Lipinski definition) is 3. The lowest BCUT2D eigenvalue weighted by Crippen LogP contribution is -2.35. The molecule has 0 aliphatic heterocycles. The first kappa shape index (κ1) is 15.3. The summed E-state index contributed by atoms with van der Waals surface area (Å²) in [6.07, 6.45) is -0.482. The summed E-state index contributed by atoms with van der Waals surface area (Å²) in [6, 6.07) is 5.52. The Balaban J connectivity index is 2.76. The number of ether oxygens (including phenoxy) is 1. The van der Waals surface area contributed by atoms with E-state index in [1.54, 1.807) is 13.0 Å². The molecule has 2 N–H and O–H groups in total. The summed E-state index contributed by atoms with van der Waals surface area (Å²) in [4.78, 5) is 0. The van der Waals surface area contributed by atoms with Crippen LogP contribution in [0.1, 0.15) is 33.3 Å². The first-order valence-electron chi connectivity index (χ1n) is 6.12. The quantitative estimate of drug-likeness (QED) is 0.865. The average Bonchev–Trinajstić information content (AvgIpc) is 2.23. The molecule has 1 unspecified atom stereocenters. The molecule has 0 aliphatic carbocycles. The Morgan fingerprint density at radius 1 is 1.39 bits per heavy atom. The van der Waals surface area contributed by atoms with Gasteiger partial charge >= 0.3 is 0 Å². The molecule has 0 saturated carbocycles. The van der Waals surface area contributed by atoms with Gasteiger partial charge in [-0.2, -0.15) is 0 Å². The fraction of sp³-hybridized carbons (Fsp3) is 0.571. The van der Waals surface area contributed by atoms with Crippen LogP contribution in [0, 0.1) is 0 Å². The molecule has 1 atom stereocenters. The maximum absolute atomic E-state index is 9.25. The summed E-state index contributed by atoms with van der Waals surface area (Å²) in [5, 5.41) is 13.3. The van der Waals surface area contributed by atoms with E-state index in [1.165, 1.54) is 0 Å². The van der Waals surface area contributed by atoms with Crippen LogP contribution in [0.3, 0.4) is 0 Å². The van der Waals surface area contributed by atoms with E-state index >= 15 is 0 Å². The molecule has 4 heteroatoms. The summed E-state index contributed by atoms with van der Waals surface area (Å²) in [5.74, 6) is 0.761. The molecule has 18 heavy (non-hydrogen) atoms. The van der Waals surface area contributed by atoms with E-state index in [9.17, 15) is 5.11 Å². The van der Waals surface area contributed by atoms with Crippen molar-refractivity contribution in [2.24, 2.45) is 0 Å². The van der Waals surface area contributed by atoms with Gasteiger partial charge in [-0.1, -0.05) is 11.6 Å². The topological polar surface area (TPSA) is 41.5 Å². The molecule has 0 amide bonds. The van der Waals surface area contributed by atoms with Crippen molar-refractivity contribution in [2.45, 2.75) is 45.9 Å². The number of halogens is 1. The summed E-state index contributed by atoms with van der Waals surface area (Å²) >= 11 is 6.00. The van der Waals surface area contributed by atoms with Crippen molar-refractivity contribution in [2.75, 3.05) is 6.61 Å². The van der Waals surface area contributed by atoms with Gasteiger partial charge in [0.15, 0.2) is 0 Å². The molecule has 0 aliphatic rings. The lowest BCUT2D eigenvalue weighted by Gasteiger charge is -2.22. The predicted octanol–water partition coefficient (Wildman–Crippen LogP) is 2.99. The zero-order valence-electron chi connectivity index (χ0n) is 11.5. The standard InChI is InChI=1S/C14H22ClNO2/c1-10(17)9-18-13-6-5-12(15)7-11(13)8-16-14(2,3)4/h5-7,10,16-17H,8-9H2,1-4H3. The molecule has 0 spiro atoms. The first-order valence-corrected chi connectivity index (χ1v) is 6.50. The van der Waals surface area contributed by atoms with Gasteiger partial charge in [0.25, 0.3) is 0 Å². The van der Waals surface area contributed by atoms with Gasteiger partial charge in [0.1, 0.15) is 12.4 Å². The normalized spacial score (nSPS) is 13.4. The molecule has 3 nitrogen and oxygen atoms in total. The molecule has 0 aromatic heterocycles. The van der Waals surface area contributed by atoms with Crippen LogP contribution in [0.15, 0.2) is 18.2 Å². The maximum Gasteiger partial charge on any atom is 0.124 e. The second kappa shape index (κ2) is 6.41. The second-order valence-corrected chi connectivity index (χ2v) is 5.95. The van der Waals surface area contributed by atoms with Crippen LogP contribution >= 0.6 is 11.6 Å². The third-order valence-corrected chi connectivity index (χ3v) is 2.55. The minimum Gasteiger partial charge on any atom is -0.491 e. The Hall–Kier alpha value is -0.770. The number of nitrogens with one attached hydrogen (secondary N) is 1. The monoisotopic (exact) mass is 271 g/mol. The van der Waals surface area contributed by atoms with E-state index < -0.39 is 6.10 Å². The molecular weight excluding hydrogens is 250 g/mol. The lowest BCUT2D eigenvalue weighted by atomic mass is 10.1. The number of benzene rings is 1. The Bertz CT molecular complexity index is 386. The summed E-state index contributed by atoms with van der Waals surface area (Å²) in [5.41, 5.74) is 1.03. The van der Waals surface area contributed by atoms with Gasteiger partial charge in [-0.05, 0) is 45.9 Å². The van der Waals surface area contributed by atoms with Crippen molar-refractivity contribution in [3.8, 4) is 5.75 Å². The van der Waals surface area contributed by atoms with Crippen LogP contribution in [-0.2, 0) is 6.54 Å². The van der Waals surface area contributed by atoms with E-state index in [4.69, 9.17) is 16.3 Å². The fourth-order valence-corrected chi connectivity index (χ4v) is 1.59. The van der Waals surface area contributed by atoms with E-state index in [2.05, 4.69) is 26.1 Å². The van der Waals surface area contributed by atoms with Crippen molar-refractivity contribution < 1.29 is 9.84 Å². The van der Waals surface area contributed by atoms with E-state index in [1.807, 2.05) is 12.1 Å². The highest BCUT2D eigenvalue weighted by Crippen LogP contribution is 2.23. The van der Waals surface area contributed by atoms with Crippen LogP contribution in [0.25, 0.3) is 0 Å². The van der Waals surface area contributed by atoms with Crippen LogP contribution < -0.4 is 10.1 Å². The zero-order chi connectivity index (χ0) is 13.8. The predicted molar refractivity (Wildman–Crippen MR) is 75.2 cm³/mol. The largest absolute Gasteiger partial charge is 0.491 e. The highest BCUT2D eigenvalue weighted by Gasteiger charge is 2.12. The van der Waals surface area contributed by atoms with Gasteiger partial charge in [0, 0.05) is 22.7 Å². The van der Waals surface area contributed by atoms with Crippen molar-refractivity contribution in [1.29, 1.82) is 0 Å². The number of hydrogen-bond donors (Lipinski definition) is 2. The molecule has 102 valence electrons. The molecule has 1 aromatic carbocycles. The highest BCUT2D eigenvalue weighted by molar-refractivity contribution is 6.30. The molecule has 1 aromatic rings. The Labute approximate surface area is 114 Å². The van der Waals surface area contributed by atoms with E-state index in [0.717, 1.165) is 11.3 Å². The summed E-state index contributed by atoms with van der Waals surface area (Å²) < 4.78 is 5.57. The van der Waals surface area contributed by atoms with Crippen molar-refractivity contribution >= 4 is 11.6 Å². The number of rotatable bonds is 5. The average molecular weight is 272 g/mol. The number of aliphatic hydroxyl groups is 1. The smallest absolute Gasteiger partial charge is 0.124 e. The Kier molecular flexibility index (Phi) is 5.45. The lowest BCUT2D eigenvalue weighted by molar-refractivity contribution is 0.122. The van der Waals surface area contributed by atoms with Gasteiger partial charge in [-0.25, -0.2) is 0 Å². The fourth-order valence-electron chi connectivity index (χ4n) is 1.40. The summed E-state index contributed by atoms with van der Waals surface area (Å²) in [7, 11) is 0. The third kappa shape index (κ3) is 5.71. The van der Waals surface area contributed by atoms with Crippen LogP contribution in [-0.4, -0.2) is 23.4 Å². The van der Waals surface area contributed by atoms with Gasteiger partial charge < -0.3 is 15.2 Å². The Morgan fingerprint density at radius 2 is 2.06 bits per heavy atom. The van der Waals surface area contributed by atoms with Gasteiger partial charge in [-0.15, -0.1) is 0 Å².